The fraction of sp³-hybridized carbons (Fsp3) is 0.409. The van der Waals surface area contributed by atoms with Crippen LogP contribution in [0.5, 0.6) is 0 Å². The number of likely N-dealkylation sites (tertiary alicyclic amines) is 1. The molecular weight excluding hydrogens is 407 g/mol. The lowest BCUT2D eigenvalue weighted by atomic mass is 9.95. The van der Waals surface area contributed by atoms with E-state index in [2.05, 4.69) is 50.4 Å². The van der Waals surface area contributed by atoms with Gasteiger partial charge in [0.2, 0.25) is 5.91 Å². The van der Waals surface area contributed by atoms with Gasteiger partial charge < -0.3 is 5.32 Å². The van der Waals surface area contributed by atoms with Gasteiger partial charge in [-0.1, -0.05) is 40.2 Å². The van der Waals surface area contributed by atoms with E-state index in [1.807, 2.05) is 0 Å². The summed E-state index contributed by atoms with van der Waals surface area (Å²) in [4.78, 5) is 14.8. The molecule has 0 spiro atoms. The molecule has 0 bridgehead atoms. The zero-order chi connectivity index (χ0) is 19.1. The smallest absolute Gasteiger partial charge is 0.223 e. The maximum absolute atomic E-state index is 12.9. The Morgan fingerprint density at radius 3 is 2.33 bits per heavy atom. The SMILES string of the molecule is O=C(NCCCc1ccc(F)cc1)C1CCN(Cc2ccc(Br)cc2)CC1. The Balaban J connectivity index is 1.33. The van der Waals surface area contributed by atoms with Gasteiger partial charge in [0.25, 0.3) is 0 Å². The van der Waals surface area contributed by atoms with Crippen molar-refractivity contribution in [3.63, 3.8) is 0 Å². The molecule has 144 valence electrons. The first kappa shape index (κ1) is 20.0. The molecule has 3 rings (SSSR count). The zero-order valence-electron chi connectivity index (χ0n) is 15.5. The number of benzene rings is 2. The fourth-order valence-corrected chi connectivity index (χ4v) is 3.77. The number of carbonyl (C=O) groups is 1. The van der Waals surface area contributed by atoms with Crippen LogP contribution >= 0.6 is 15.9 Å². The molecule has 1 aliphatic heterocycles. The first-order valence-electron chi connectivity index (χ1n) is 9.59. The third-order valence-corrected chi connectivity index (χ3v) is 5.66. The molecule has 1 fully saturated rings. The van der Waals surface area contributed by atoms with Crippen molar-refractivity contribution in [2.24, 2.45) is 5.92 Å². The van der Waals surface area contributed by atoms with Gasteiger partial charge in [-0.05, 0) is 74.2 Å². The summed E-state index contributed by atoms with van der Waals surface area (Å²) in [5, 5.41) is 3.07. The Morgan fingerprint density at radius 1 is 1.04 bits per heavy atom. The second-order valence-electron chi connectivity index (χ2n) is 7.20. The quantitative estimate of drug-likeness (QED) is 0.650. The van der Waals surface area contributed by atoms with Gasteiger partial charge in [-0.2, -0.15) is 0 Å². The van der Waals surface area contributed by atoms with E-state index in [9.17, 15) is 9.18 Å². The average Bonchev–Trinajstić information content (AvgIpc) is 2.69. The highest BCUT2D eigenvalue weighted by Crippen LogP contribution is 2.20. The van der Waals surface area contributed by atoms with Crippen LogP contribution in [0.4, 0.5) is 4.39 Å². The Bertz CT molecular complexity index is 725. The van der Waals surface area contributed by atoms with Gasteiger partial charge >= 0.3 is 0 Å². The van der Waals surface area contributed by atoms with Crippen LogP contribution in [-0.2, 0) is 17.8 Å². The predicted molar refractivity (Wildman–Crippen MR) is 110 cm³/mol. The molecular formula is C22H26BrFN2O. The van der Waals surface area contributed by atoms with Crippen LogP contribution in [0, 0.1) is 11.7 Å². The molecule has 0 radical (unpaired) electrons. The van der Waals surface area contributed by atoms with Crippen LogP contribution in [0.15, 0.2) is 53.0 Å². The molecule has 0 unspecified atom stereocenters. The van der Waals surface area contributed by atoms with E-state index < -0.39 is 0 Å². The number of aryl methyl sites for hydroxylation is 1. The minimum absolute atomic E-state index is 0.122. The number of carbonyl (C=O) groups excluding carboxylic acids is 1. The van der Waals surface area contributed by atoms with Gasteiger partial charge in [-0.25, -0.2) is 4.39 Å². The molecule has 0 atom stereocenters. The summed E-state index contributed by atoms with van der Waals surface area (Å²) in [5.74, 6) is 0.0907. The lowest BCUT2D eigenvalue weighted by Gasteiger charge is -2.31. The monoisotopic (exact) mass is 432 g/mol. The maximum Gasteiger partial charge on any atom is 0.223 e. The number of hydrogen-bond acceptors (Lipinski definition) is 2. The summed E-state index contributed by atoms with van der Waals surface area (Å²) < 4.78 is 14.0. The van der Waals surface area contributed by atoms with E-state index in [-0.39, 0.29) is 17.6 Å². The molecule has 0 saturated carbocycles. The molecule has 5 heteroatoms. The van der Waals surface area contributed by atoms with E-state index in [0.717, 1.165) is 55.4 Å². The highest BCUT2D eigenvalue weighted by atomic mass is 79.9. The molecule has 3 nitrogen and oxygen atoms in total. The standard InChI is InChI=1S/C22H26BrFN2O/c23-20-7-3-18(4-8-20)16-26-14-11-19(12-15-26)22(27)25-13-1-2-17-5-9-21(24)10-6-17/h3-10,19H,1-2,11-16H2,(H,25,27). The number of amides is 1. The van der Waals surface area contributed by atoms with Gasteiger partial charge in [-0.3, -0.25) is 9.69 Å². The largest absolute Gasteiger partial charge is 0.356 e. The normalized spacial score (nSPS) is 15.6. The summed E-state index contributed by atoms with van der Waals surface area (Å²) in [6, 6.07) is 15.0. The third-order valence-electron chi connectivity index (χ3n) is 5.13. The second-order valence-corrected chi connectivity index (χ2v) is 8.11. The number of piperidine rings is 1. The van der Waals surface area contributed by atoms with Gasteiger partial charge in [-0.15, -0.1) is 0 Å². The molecule has 2 aromatic rings. The Morgan fingerprint density at radius 2 is 1.67 bits per heavy atom. The molecule has 1 saturated heterocycles. The Kier molecular flexibility index (Phi) is 7.41. The molecule has 1 aliphatic rings. The van der Waals surface area contributed by atoms with Crippen molar-refractivity contribution in [3.8, 4) is 0 Å². The minimum atomic E-state index is -0.210. The lowest BCUT2D eigenvalue weighted by molar-refractivity contribution is -0.126. The van der Waals surface area contributed by atoms with Crippen molar-refractivity contribution < 1.29 is 9.18 Å². The van der Waals surface area contributed by atoms with E-state index in [1.165, 1.54) is 17.7 Å². The molecule has 2 aromatic carbocycles. The highest BCUT2D eigenvalue weighted by Gasteiger charge is 2.24. The van der Waals surface area contributed by atoms with Crippen LogP contribution in [0.25, 0.3) is 0 Å². The number of halogens is 2. The van der Waals surface area contributed by atoms with E-state index in [0.29, 0.717) is 6.54 Å². The summed E-state index contributed by atoms with van der Waals surface area (Å²) >= 11 is 3.46. The van der Waals surface area contributed by atoms with E-state index in [1.54, 1.807) is 12.1 Å². The van der Waals surface area contributed by atoms with Crippen molar-refractivity contribution in [1.29, 1.82) is 0 Å². The van der Waals surface area contributed by atoms with Crippen molar-refractivity contribution in [2.45, 2.75) is 32.2 Å². The zero-order valence-corrected chi connectivity index (χ0v) is 17.1. The minimum Gasteiger partial charge on any atom is -0.356 e. The number of nitrogens with zero attached hydrogens (tertiary/aromatic N) is 1. The lowest BCUT2D eigenvalue weighted by Crippen LogP contribution is -2.40. The first-order valence-corrected chi connectivity index (χ1v) is 10.4. The fourth-order valence-electron chi connectivity index (χ4n) is 3.50. The summed E-state index contributed by atoms with van der Waals surface area (Å²) in [6.07, 6.45) is 3.56. The maximum atomic E-state index is 12.9. The van der Waals surface area contributed by atoms with Crippen molar-refractivity contribution >= 4 is 21.8 Å². The van der Waals surface area contributed by atoms with E-state index >= 15 is 0 Å². The summed E-state index contributed by atoms with van der Waals surface area (Å²) in [7, 11) is 0. The van der Waals surface area contributed by atoms with Crippen molar-refractivity contribution in [1.82, 2.24) is 10.2 Å². The number of rotatable bonds is 7. The molecule has 1 heterocycles. The summed E-state index contributed by atoms with van der Waals surface area (Å²) in [6.45, 7) is 3.54. The van der Waals surface area contributed by atoms with Crippen LogP contribution in [0.3, 0.4) is 0 Å². The molecule has 0 aliphatic carbocycles. The van der Waals surface area contributed by atoms with Crippen LogP contribution in [0.1, 0.15) is 30.4 Å². The average molecular weight is 433 g/mol. The highest BCUT2D eigenvalue weighted by molar-refractivity contribution is 9.10. The number of nitrogens with one attached hydrogen (secondary N) is 1. The molecule has 27 heavy (non-hydrogen) atoms. The van der Waals surface area contributed by atoms with Gasteiger partial charge in [0.05, 0.1) is 0 Å². The van der Waals surface area contributed by atoms with Crippen LogP contribution in [0.2, 0.25) is 0 Å². The molecule has 1 N–H and O–H groups in total. The van der Waals surface area contributed by atoms with Crippen molar-refractivity contribution in [2.75, 3.05) is 19.6 Å². The predicted octanol–water partition coefficient (Wildman–Crippen LogP) is 4.55. The van der Waals surface area contributed by atoms with Gasteiger partial charge in [0.1, 0.15) is 5.82 Å². The van der Waals surface area contributed by atoms with Crippen LogP contribution < -0.4 is 5.32 Å². The Labute approximate surface area is 169 Å². The van der Waals surface area contributed by atoms with Crippen molar-refractivity contribution in [3.05, 3.63) is 69.9 Å². The summed E-state index contributed by atoms with van der Waals surface area (Å²) in [5.41, 5.74) is 2.41. The topological polar surface area (TPSA) is 32.3 Å². The molecule has 1 amide bonds. The molecule has 0 aromatic heterocycles. The van der Waals surface area contributed by atoms with E-state index in [4.69, 9.17) is 0 Å². The van der Waals surface area contributed by atoms with Gasteiger partial charge in [0.15, 0.2) is 0 Å². The Hall–Kier alpha value is -1.72. The van der Waals surface area contributed by atoms with Crippen LogP contribution in [-0.4, -0.2) is 30.4 Å². The van der Waals surface area contributed by atoms with Gasteiger partial charge in [0, 0.05) is 23.5 Å². The third kappa shape index (κ3) is 6.43. The first-order chi connectivity index (χ1) is 13.1. The number of hydrogen-bond donors (Lipinski definition) is 1. The second kappa shape index (κ2) is 10.00.